The maximum Gasteiger partial charge on any atom is 0.305 e. The Labute approximate surface area is 174 Å². The van der Waals surface area contributed by atoms with Gasteiger partial charge in [0.25, 0.3) is 0 Å². The molecule has 0 unspecified atom stereocenters. The third kappa shape index (κ3) is 6.62. The Bertz CT molecular complexity index is 724. The molecule has 0 saturated heterocycles. The molecule has 29 heavy (non-hydrogen) atoms. The predicted molar refractivity (Wildman–Crippen MR) is 113 cm³/mol. The molecule has 0 N–H and O–H groups in total. The third-order valence-corrected chi connectivity index (χ3v) is 5.47. The van der Waals surface area contributed by atoms with E-state index in [0.29, 0.717) is 6.42 Å². The van der Waals surface area contributed by atoms with Crippen molar-refractivity contribution in [1.82, 2.24) is 0 Å². The molecule has 0 saturated carbocycles. The van der Waals surface area contributed by atoms with Crippen molar-refractivity contribution in [3.8, 4) is 0 Å². The Morgan fingerprint density at radius 2 is 1.97 bits per heavy atom. The topological polar surface area (TPSA) is 61.8 Å². The van der Waals surface area contributed by atoms with Crippen molar-refractivity contribution in [3.05, 3.63) is 47.3 Å². The van der Waals surface area contributed by atoms with Gasteiger partial charge in [0.1, 0.15) is 6.10 Å². The molecule has 5 heteroatoms. The Kier molecular flexibility index (Phi) is 8.30. The number of fused-ring (bicyclic) bond motifs is 1. The van der Waals surface area contributed by atoms with Gasteiger partial charge in [0.15, 0.2) is 0 Å². The molecular formula is C24H34O5. The van der Waals surface area contributed by atoms with Crippen LogP contribution in [0.15, 0.2) is 47.3 Å². The van der Waals surface area contributed by atoms with Crippen molar-refractivity contribution >= 4 is 11.9 Å². The smallest absolute Gasteiger partial charge is 0.305 e. The highest BCUT2D eigenvalue weighted by molar-refractivity contribution is 5.67. The van der Waals surface area contributed by atoms with Gasteiger partial charge in [-0.15, -0.1) is 0 Å². The number of ether oxygens (including phenoxy) is 3. The van der Waals surface area contributed by atoms with Gasteiger partial charge in [0, 0.05) is 31.8 Å². The summed E-state index contributed by atoms with van der Waals surface area (Å²) in [4.78, 5) is 23.5. The first-order chi connectivity index (χ1) is 13.7. The van der Waals surface area contributed by atoms with Gasteiger partial charge in [-0.25, -0.2) is 0 Å². The minimum atomic E-state index is -0.700. The van der Waals surface area contributed by atoms with Crippen LogP contribution in [0.2, 0.25) is 0 Å². The molecule has 0 radical (unpaired) electrons. The Hall–Kier alpha value is -2.30. The number of esters is 2. The average molecular weight is 403 g/mol. The standard InChI is InChI=1S/C24H34O5/c1-15(2)10-13-22(28-18(5)25)21-14-27-24(29-19(6)26)23-17(4)9-7-8-16(3)11-12-20(21)23/h8,10,14,20,22-24H,4,7,9,11-13H2,1-3,5-6H3/b16-8-/t20-,22-,23+,24-/m0/s1. The van der Waals surface area contributed by atoms with E-state index in [2.05, 4.69) is 25.7 Å². The number of hydrogen-bond acceptors (Lipinski definition) is 5. The minimum absolute atomic E-state index is 0.0250. The normalized spacial score (nSPS) is 27.3. The fourth-order valence-electron chi connectivity index (χ4n) is 4.07. The summed E-state index contributed by atoms with van der Waals surface area (Å²) >= 11 is 0. The van der Waals surface area contributed by atoms with Crippen LogP contribution in [-0.4, -0.2) is 24.3 Å². The van der Waals surface area contributed by atoms with Crippen LogP contribution in [0.1, 0.15) is 66.7 Å². The van der Waals surface area contributed by atoms with Gasteiger partial charge in [-0.05, 0) is 46.5 Å². The lowest BCUT2D eigenvalue weighted by Gasteiger charge is -2.40. The predicted octanol–water partition coefficient (Wildman–Crippen LogP) is 5.39. The van der Waals surface area contributed by atoms with E-state index >= 15 is 0 Å². The van der Waals surface area contributed by atoms with Crippen LogP contribution in [0.5, 0.6) is 0 Å². The molecule has 0 amide bonds. The van der Waals surface area contributed by atoms with E-state index in [1.807, 2.05) is 13.8 Å². The molecule has 1 heterocycles. The molecule has 0 aromatic heterocycles. The van der Waals surface area contributed by atoms with E-state index < -0.39 is 12.4 Å². The molecule has 0 aromatic carbocycles. The van der Waals surface area contributed by atoms with Gasteiger partial charge in [0.05, 0.1) is 12.2 Å². The molecule has 0 aromatic rings. The lowest BCUT2D eigenvalue weighted by atomic mass is 9.74. The zero-order valence-corrected chi connectivity index (χ0v) is 18.3. The first-order valence-electron chi connectivity index (χ1n) is 10.4. The van der Waals surface area contributed by atoms with Gasteiger partial charge in [-0.3, -0.25) is 9.59 Å². The van der Waals surface area contributed by atoms with Gasteiger partial charge < -0.3 is 14.2 Å². The summed E-state index contributed by atoms with van der Waals surface area (Å²) in [5.41, 5.74) is 4.43. The van der Waals surface area contributed by atoms with Gasteiger partial charge in [-0.1, -0.05) is 35.5 Å². The van der Waals surface area contributed by atoms with Crippen LogP contribution in [0.25, 0.3) is 0 Å². The SMILES string of the molecule is C=C1CC/C=C(/C)CC[C@H]2C([C@H](CC=C(C)C)OC(C)=O)=CO[C@@H](OC(C)=O)[C@H]12. The summed E-state index contributed by atoms with van der Waals surface area (Å²) in [6.07, 6.45) is 8.92. The summed E-state index contributed by atoms with van der Waals surface area (Å²) in [7, 11) is 0. The number of carbonyl (C=O) groups excluding carboxylic acids is 2. The first-order valence-corrected chi connectivity index (χ1v) is 10.4. The van der Waals surface area contributed by atoms with E-state index in [1.54, 1.807) is 6.26 Å². The Morgan fingerprint density at radius 1 is 1.24 bits per heavy atom. The average Bonchev–Trinajstić information content (AvgIpc) is 2.68. The van der Waals surface area contributed by atoms with E-state index in [1.165, 1.54) is 19.4 Å². The van der Waals surface area contributed by atoms with Crippen LogP contribution in [-0.2, 0) is 23.8 Å². The Balaban J connectivity index is 2.45. The summed E-state index contributed by atoms with van der Waals surface area (Å²) in [6, 6.07) is 0. The van der Waals surface area contributed by atoms with Crippen molar-refractivity contribution in [2.24, 2.45) is 11.8 Å². The summed E-state index contributed by atoms with van der Waals surface area (Å²) in [5.74, 6) is -0.844. The fraction of sp³-hybridized carbons (Fsp3) is 0.583. The number of carbonyl (C=O) groups is 2. The molecule has 1 aliphatic carbocycles. The zero-order chi connectivity index (χ0) is 21.6. The van der Waals surface area contributed by atoms with Crippen molar-refractivity contribution in [2.45, 2.75) is 79.1 Å². The second-order valence-electron chi connectivity index (χ2n) is 8.27. The van der Waals surface area contributed by atoms with E-state index in [4.69, 9.17) is 14.2 Å². The highest BCUT2D eigenvalue weighted by Gasteiger charge is 2.42. The molecule has 2 rings (SSSR count). The molecule has 1 aliphatic heterocycles. The minimum Gasteiger partial charge on any atom is -0.462 e. The van der Waals surface area contributed by atoms with Crippen molar-refractivity contribution in [2.75, 3.05) is 0 Å². The third-order valence-electron chi connectivity index (χ3n) is 5.47. The highest BCUT2D eigenvalue weighted by atomic mass is 16.7. The lowest BCUT2D eigenvalue weighted by Crippen LogP contribution is -2.41. The van der Waals surface area contributed by atoms with E-state index in [0.717, 1.165) is 42.4 Å². The van der Waals surface area contributed by atoms with Crippen LogP contribution < -0.4 is 0 Å². The molecule has 160 valence electrons. The van der Waals surface area contributed by atoms with Crippen molar-refractivity contribution in [1.29, 1.82) is 0 Å². The Morgan fingerprint density at radius 3 is 2.59 bits per heavy atom. The first kappa shape index (κ1) is 23.0. The quantitative estimate of drug-likeness (QED) is 0.456. The van der Waals surface area contributed by atoms with Crippen LogP contribution in [0.4, 0.5) is 0 Å². The van der Waals surface area contributed by atoms with Crippen molar-refractivity contribution < 1.29 is 23.8 Å². The summed E-state index contributed by atoms with van der Waals surface area (Å²) in [6.45, 7) is 13.3. The van der Waals surface area contributed by atoms with E-state index in [9.17, 15) is 9.59 Å². The van der Waals surface area contributed by atoms with Crippen molar-refractivity contribution in [3.63, 3.8) is 0 Å². The second-order valence-corrected chi connectivity index (χ2v) is 8.27. The number of allylic oxidation sites excluding steroid dienone is 3. The molecule has 0 spiro atoms. The monoisotopic (exact) mass is 402 g/mol. The van der Waals surface area contributed by atoms with E-state index in [-0.39, 0.29) is 23.8 Å². The number of rotatable bonds is 5. The molecule has 5 nitrogen and oxygen atoms in total. The maximum atomic E-state index is 11.8. The van der Waals surface area contributed by atoms with Crippen LogP contribution in [0, 0.1) is 11.8 Å². The fourth-order valence-corrected chi connectivity index (χ4v) is 4.07. The second kappa shape index (κ2) is 10.5. The number of hydrogen-bond donors (Lipinski definition) is 0. The van der Waals surface area contributed by atoms with Crippen LogP contribution in [0.3, 0.4) is 0 Å². The maximum absolute atomic E-state index is 11.8. The van der Waals surface area contributed by atoms with Gasteiger partial charge >= 0.3 is 11.9 Å². The van der Waals surface area contributed by atoms with Crippen LogP contribution >= 0.6 is 0 Å². The van der Waals surface area contributed by atoms with Gasteiger partial charge in [-0.2, -0.15) is 0 Å². The summed E-state index contributed by atoms with van der Waals surface area (Å²) in [5, 5.41) is 0. The zero-order valence-electron chi connectivity index (χ0n) is 18.3. The largest absolute Gasteiger partial charge is 0.462 e. The molecule has 0 fully saturated rings. The lowest BCUT2D eigenvalue weighted by molar-refractivity contribution is -0.181. The molecule has 4 atom stereocenters. The van der Waals surface area contributed by atoms with Gasteiger partial charge in [0.2, 0.25) is 6.29 Å². The molecule has 2 aliphatic rings. The molecule has 0 bridgehead atoms. The highest BCUT2D eigenvalue weighted by Crippen LogP contribution is 2.43. The summed E-state index contributed by atoms with van der Waals surface area (Å²) < 4.78 is 17.1. The molecular weight excluding hydrogens is 368 g/mol.